The number of pyridine rings is 1. The van der Waals surface area contributed by atoms with Gasteiger partial charge in [0.25, 0.3) is 0 Å². The molecule has 39 heavy (non-hydrogen) atoms. The Morgan fingerprint density at radius 2 is 1.87 bits per heavy atom. The predicted molar refractivity (Wildman–Crippen MR) is 147 cm³/mol. The molecule has 4 rings (SSSR count). The van der Waals surface area contributed by atoms with Crippen LogP contribution in [0.5, 0.6) is 0 Å². The van der Waals surface area contributed by atoms with E-state index in [0.717, 1.165) is 26.2 Å². The van der Waals surface area contributed by atoms with Crippen LogP contribution in [0.4, 0.5) is 21.6 Å². The van der Waals surface area contributed by atoms with E-state index in [-0.39, 0.29) is 30.0 Å². The molecule has 3 heterocycles. The highest BCUT2D eigenvalue weighted by Gasteiger charge is 2.16. The van der Waals surface area contributed by atoms with Gasteiger partial charge in [-0.25, -0.2) is 9.37 Å². The topological polar surface area (TPSA) is 113 Å². The summed E-state index contributed by atoms with van der Waals surface area (Å²) >= 11 is 6.07. The van der Waals surface area contributed by atoms with E-state index in [0.29, 0.717) is 40.9 Å². The number of likely N-dealkylation sites (N-methyl/N-ethyl adjacent to an activating group) is 1. The van der Waals surface area contributed by atoms with Crippen molar-refractivity contribution in [2.24, 2.45) is 0 Å². The van der Waals surface area contributed by atoms with Gasteiger partial charge in [0.05, 0.1) is 30.6 Å². The van der Waals surface area contributed by atoms with Crippen LogP contribution in [0.2, 0.25) is 5.02 Å². The number of aromatic nitrogens is 3. The molecule has 10 nitrogen and oxygen atoms in total. The zero-order chi connectivity index (χ0) is 27.8. The van der Waals surface area contributed by atoms with Gasteiger partial charge in [-0.2, -0.15) is 5.10 Å². The molecule has 1 aliphatic rings. The molecule has 1 fully saturated rings. The summed E-state index contributed by atoms with van der Waals surface area (Å²) in [5.41, 5.74) is 2.08. The van der Waals surface area contributed by atoms with Gasteiger partial charge in [0.2, 0.25) is 5.91 Å². The molecule has 1 aromatic carbocycles. The molecule has 0 bridgehead atoms. The lowest BCUT2D eigenvalue weighted by Gasteiger charge is -2.32. The summed E-state index contributed by atoms with van der Waals surface area (Å²) in [6.07, 6.45) is 2.28. The number of amides is 1. The number of ether oxygens (including phenoxy) is 1. The Morgan fingerprint density at radius 3 is 2.64 bits per heavy atom. The van der Waals surface area contributed by atoms with Crippen LogP contribution in [-0.4, -0.2) is 83.7 Å². The third-order valence-electron chi connectivity index (χ3n) is 6.43. The fourth-order valence-electron chi connectivity index (χ4n) is 4.13. The summed E-state index contributed by atoms with van der Waals surface area (Å²) in [6.45, 7) is 4.57. The molecule has 0 unspecified atom stereocenters. The second-order valence-electron chi connectivity index (χ2n) is 9.29. The number of hydrogen-bond acceptors (Lipinski definition) is 9. The minimum atomic E-state index is -0.493. The van der Waals surface area contributed by atoms with Crippen LogP contribution in [0, 0.1) is 5.82 Å². The minimum Gasteiger partial charge on any atom is -0.469 e. The lowest BCUT2D eigenvalue weighted by atomic mass is 10.1. The van der Waals surface area contributed by atoms with E-state index in [4.69, 9.17) is 16.3 Å². The van der Waals surface area contributed by atoms with Crippen molar-refractivity contribution in [2.45, 2.75) is 19.3 Å². The Labute approximate surface area is 231 Å². The molecule has 2 aromatic heterocycles. The lowest BCUT2D eigenvalue weighted by Crippen LogP contribution is -2.45. The molecular weight excluding hydrogens is 525 g/mol. The molecule has 0 atom stereocenters. The Bertz CT molecular complexity index is 1320. The molecule has 3 aromatic rings. The smallest absolute Gasteiger partial charge is 0.305 e. The monoisotopic (exact) mass is 555 g/mol. The molecule has 0 radical (unpaired) electrons. The van der Waals surface area contributed by atoms with Gasteiger partial charge in [0.1, 0.15) is 11.6 Å². The van der Waals surface area contributed by atoms with Gasteiger partial charge in [-0.1, -0.05) is 11.6 Å². The fourth-order valence-corrected chi connectivity index (χ4v) is 4.30. The molecular formula is C27H31ClFN7O3. The summed E-state index contributed by atoms with van der Waals surface area (Å²) in [6, 6.07) is 9.25. The number of nitrogens with zero attached hydrogens (tertiary/aromatic N) is 5. The molecule has 0 aliphatic carbocycles. The average molecular weight is 556 g/mol. The molecule has 206 valence electrons. The summed E-state index contributed by atoms with van der Waals surface area (Å²) in [5, 5.41) is 14.9. The standard InChI is InChI=1S/C27H31ClFN7O3/c1-35-11-13-36(14-12-35)10-8-26(37)32-25-16-19(7-9-30-25)31-24-17-23(20-15-18(28)3-4-21(20)29)34-33-22(24)5-6-27(38)39-2/h3-4,7,9,15-17H,5-6,8,10-14H2,1-2H3,(H2,30,31,32,34,37). The third kappa shape index (κ3) is 8.16. The SMILES string of the molecule is COC(=O)CCc1nnc(-c2cc(Cl)ccc2F)cc1Nc1ccnc(NC(=O)CCN2CCN(C)CC2)c1. The minimum absolute atomic E-state index is 0.0929. The average Bonchev–Trinajstić information content (AvgIpc) is 2.93. The van der Waals surface area contributed by atoms with E-state index in [1.807, 2.05) is 0 Å². The zero-order valence-corrected chi connectivity index (χ0v) is 22.7. The van der Waals surface area contributed by atoms with Gasteiger partial charge in [0.15, 0.2) is 0 Å². The Morgan fingerprint density at radius 1 is 1.08 bits per heavy atom. The van der Waals surface area contributed by atoms with Gasteiger partial charge in [-0.05, 0) is 37.4 Å². The van der Waals surface area contributed by atoms with Gasteiger partial charge in [-0.3, -0.25) is 9.59 Å². The number of carbonyl (C=O) groups is 2. The van der Waals surface area contributed by atoms with Crippen molar-refractivity contribution in [3.05, 3.63) is 59.1 Å². The zero-order valence-electron chi connectivity index (χ0n) is 21.9. The van der Waals surface area contributed by atoms with Crippen molar-refractivity contribution in [3.8, 4) is 11.3 Å². The van der Waals surface area contributed by atoms with Crippen molar-refractivity contribution in [2.75, 3.05) is 57.5 Å². The molecule has 2 N–H and O–H groups in total. The van der Waals surface area contributed by atoms with Crippen LogP contribution in [0.15, 0.2) is 42.6 Å². The van der Waals surface area contributed by atoms with Gasteiger partial charge in [-0.15, -0.1) is 5.10 Å². The number of halogens is 2. The first-order valence-corrected chi connectivity index (χ1v) is 13.0. The van der Waals surface area contributed by atoms with Crippen LogP contribution in [0.1, 0.15) is 18.5 Å². The van der Waals surface area contributed by atoms with Crippen LogP contribution in [-0.2, 0) is 20.7 Å². The largest absolute Gasteiger partial charge is 0.469 e. The van der Waals surface area contributed by atoms with E-state index < -0.39 is 11.8 Å². The van der Waals surface area contributed by atoms with Crippen molar-refractivity contribution >= 4 is 40.7 Å². The van der Waals surface area contributed by atoms with Crippen LogP contribution in [0.3, 0.4) is 0 Å². The maximum absolute atomic E-state index is 14.5. The highest BCUT2D eigenvalue weighted by atomic mass is 35.5. The molecule has 1 amide bonds. The van der Waals surface area contributed by atoms with Crippen molar-refractivity contribution in [3.63, 3.8) is 0 Å². The molecule has 1 saturated heterocycles. The number of aryl methyl sites for hydroxylation is 1. The normalized spacial score (nSPS) is 14.2. The maximum Gasteiger partial charge on any atom is 0.305 e. The number of nitrogens with one attached hydrogen (secondary N) is 2. The predicted octanol–water partition coefficient (Wildman–Crippen LogP) is 3.76. The molecule has 0 saturated carbocycles. The van der Waals surface area contributed by atoms with E-state index in [1.165, 1.54) is 25.3 Å². The van der Waals surface area contributed by atoms with Crippen LogP contribution in [0.25, 0.3) is 11.3 Å². The van der Waals surface area contributed by atoms with Crippen molar-refractivity contribution in [1.82, 2.24) is 25.0 Å². The van der Waals surface area contributed by atoms with E-state index in [2.05, 4.69) is 42.7 Å². The van der Waals surface area contributed by atoms with Crippen molar-refractivity contribution in [1.29, 1.82) is 0 Å². The first-order chi connectivity index (χ1) is 18.8. The number of anilines is 3. The summed E-state index contributed by atoms with van der Waals surface area (Å²) < 4.78 is 19.3. The van der Waals surface area contributed by atoms with E-state index in [9.17, 15) is 14.0 Å². The number of rotatable bonds is 10. The van der Waals surface area contributed by atoms with Crippen LogP contribution < -0.4 is 10.6 Å². The molecule has 12 heteroatoms. The third-order valence-corrected chi connectivity index (χ3v) is 6.66. The Hall–Kier alpha value is -3.67. The number of esters is 1. The number of carbonyl (C=O) groups excluding carboxylic acids is 2. The maximum atomic E-state index is 14.5. The molecule has 1 aliphatic heterocycles. The van der Waals surface area contributed by atoms with Gasteiger partial charge in [0, 0.05) is 74.1 Å². The number of benzene rings is 1. The second-order valence-corrected chi connectivity index (χ2v) is 9.72. The van der Waals surface area contributed by atoms with Crippen LogP contribution >= 0.6 is 11.6 Å². The number of piperazine rings is 1. The Kier molecular flexibility index (Phi) is 9.74. The number of methoxy groups -OCH3 is 1. The van der Waals surface area contributed by atoms with Crippen molar-refractivity contribution < 1.29 is 18.7 Å². The summed E-state index contributed by atoms with van der Waals surface area (Å²) in [7, 11) is 3.41. The second kappa shape index (κ2) is 13.4. The first-order valence-electron chi connectivity index (χ1n) is 12.6. The van der Waals surface area contributed by atoms with E-state index >= 15 is 0 Å². The lowest BCUT2D eigenvalue weighted by molar-refractivity contribution is -0.140. The van der Waals surface area contributed by atoms with E-state index in [1.54, 1.807) is 24.4 Å². The summed E-state index contributed by atoms with van der Waals surface area (Å²) in [4.78, 5) is 33.1. The highest BCUT2D eigenvalue weighted by Crippen LogP contribution is 2.29. The highest BCUT2D eigenvalue weighted by molar-refractivity contribution is 6.30. The number of hydrogen-bond donors (Lipinski definition) is 2. The molecule has 0 spiro atoms. The fraction of sp³-hybridized carbons (Fsp3) is 0.370. The first kappa shape index (κ1) is 28.3. The Balaban J connectivity index is 1.49. The van der Waals surface area contributed by atoms with Gasteiger partial charge >= 0.3 is 5.97 Å². The quantitative estimate of drug-likeness (QED) is 0.361. The summed E-state index contributed by atoms with van der Waals surface area (Å²) in [5.74, 6) is -0.616. The van der Waals surface area contributed by atoms with Gasteiger partial charge < -0.3 is 25.2 Å².